The molecule has 1 aromatic rings. The van der Waals surface area contributed by atoms with E-state index in [0.29, 0.717) is 12.6 Å². The number of aliphatic hydroxyl groups is 1. The maximum atomic E-state index is 10.9. The van der Waals surface area contributed by atoms with Gasteiger partial charge in [-0.05, 0) is 38.0 Å². The maximum Gasteiger partial charge on any atom is 0.102 e. The van der Waals surface area contributed by atoms with Crippen LogP contribution in [-0.2, 0) is 0 Å². The lowest BCUT2D eigenvalue weighted by Crippen LogP contribution is -2.35. The molecular weight excluding hydrogens is 238 g/mol. The summed E-state index contributed by atoms with van der Waals surface area (Å²) >= 11 is 0. The SMILES string of the molecule is CCC1CCC(CN)(C(O)c2cncn2C2CC2)C1. The molecule has 3 rings (SSSR count). The van der Waals surface area contributed by atoms with Crippen molar-refractivity contribution in [3.05, 3.63) is 18.2 Å². The minimum absolute atomic E-state index is 0.132. The molecule has 0 saturated heterocycles. The molecule has 4 heteroatoms. The molecule has 0 amide bonds. The molecule has 0 aliphatic heterocycles. The van der Waals surface area contributed by atoms with E-state index in [9.17, 15) is 5.11 Å². The number of rotatable bonds is 5. The Hall–Kier alpha value is -0.870. The molecule has 0 spiro atoms. The van der Waals surface area contributed by atoms with Crippen LogP contribution in [0.25, 0.3) is 0 Å². The Morgan fingerprint density at radius 2 is 2.32 bits per heavy atom. The van der Waals surface area contributed by atoms with Crippen molar-refractivity contribution in [1.29, 1.82) is 0 Å². The van der Waals surface area contributed by atoms with Gasteiger partial charge in [0, 0.05) is 18.0 Å². The molecule has 2 fully saturated rings. The van der Waals surface area contributed by atoms with Gasteiger partial charge in [-0.25, -0.2) is 4.98 Å². The van der Waals surface area contributed by atoms with Gasteiger partial charge in [0.1, 0.15) is 6.10 Å². The van der Waals surface area contributed by atoms with Crippen LogP contribution in [0.2, 0.25) is 0 Å². The van der Waals surface area contributed by atoms with Crippen molar-refractivity contribution in [2.75, 3.05) is 6.54 Å². The van der Waals surface area contributed by atoms with Crippen LogP contribution in [0.5, 0.6) is 0 Å². The number of aliphatic hydroxyl groups excluding tert-OH is 1. The van der Waals surface area contributed by atoms with Crippen LogP contribution in [0.3, 0.4) is 0 Å². The van der Waals surface area contributed by atoms with Crippen molar-refractivity contribution < 1.29 is 5.11 Å². The number of nitrogens with zero attached hydrogens (tertiary/aromatic N) is 2. The number of hydrogen-bond donors (Lipinski definition) is 2. The molecule has 0 aromatic carbocycles. The summed E-state index contributed by atoms with van der Waals surface area (Å²) in [6, 6.07) is 0.561. The lowest BCUT2D eigenvalue weighted by molar-refractivity contribution is 0.0240. The minimum Gasteiger partial charge on any atom is -0.386 e. The van der Waals surface area contributed by atoms with Gasteiger partial charge in [-0.3, -0.25) is 0 Å². The molecule has 4 nitrogen and oxygen atoms in total. The van der Waals surface area contributed by atoms with Crippen molar-refractivity contribution in [2.24, 2.45) is 17.1 Å². The van der Waals surface area contributed by atoms with E-state index in [1.807, 2.05) is 12.5 Å². The highest BCUT2D eigenvalue weighted by atomic mass is 16.3. The van der Waals surface area contributed by atoms with E-state index < -0.39 is 6.10 Å². The van der Waals surface area contributed by atoms with Crippen molar-refractivity contribution >= 4 is 0 Å². The molecular formula is C15H25N3O. The smallest absolute Gasteiger partial charge is 0.102 e. The minimum atomic E-state index is -0.461. The monoisotopic (exact) mass is 263 g/mol. The summed E-state index contributed by atoms with van der Waals surface area (Å²) in [5.41, 5.74) is 6.89. The fourth-order valence-corrected chi connectivity index (χ4v) is 3.66. The standard InChI is InChI=1S/C15H25N3O/c1-2-11-5-6-15(7-11,9-16)14(19)13-8-17-10-18(13)12-3-4-12/h8,10-12,14,19H,2-7,9,16H2,1H3. The normalized spacial score (nSPS) is 32.7. The Bertz CT molecular complexity index is 440. The third-order valence-electron chi connectivity index (χ3n) is 5.23. The highest BCUT2D eigenvalue weighted by Gasteiger charge is 2.45. The van der Waals surface area contributed by atoms with Crippen molar-refractivity contribution in [3.8, 4) is 0 Å². The summed E-state index contributed by atoms with van der Waals surface area (Å²) in [5, 5.41) is 10.9. The van der Waals surface area contributed by atoms with Gasteiger partial charge in [-0.15, -0.1) is 0 Å². The first-order valence-electron chi connectivity index (χ1n) is 7.60. The zero-order valence-corrected chi connectivity index (χ0v) is 11.8. The second-order valence-corrected chi connectivity index (χ2v) is 6.44. The quantitative estimate of drug-likeness (QED) is 0.857. The first-order chi connectivity index (χ1) is 9.20. The average molecular weight is 263 g/mol. The van der Waals surface area contributed by atoms with Crippen LogP contribution in [-0.4, -0.2) is 21.2 Å². The van der Waals surface area contributed by atoms with Crippen LogP contribution >= 0.6 is 0 Å². The molecule has 3 N–H and O–H groups in total. The van der Waals surface area contributed by atoms with E-state index in [0.717, 1.165) is 24.5 Å². The second-order valence-electron chi connectivity index (χ2n) is 6.44. The average Bonchev–Trinajstić information content (AvgIpc) is 3.03. The van der Waals surface area contributed by atoms with Crippen LogP contribution in [0.15, 0.2) is 12.5 Å². The molecule has 0 bridgehead atoms. The van der Waals surface area contributed by atoms with E-state index >= 15 is 0 Å². The summed E-state index contributed by atoms with van der Waals surface area (Å²) in [4.78, 5) is 4.24. The zero-order valence-electron chi connectivity index (χ0n) is 11.8. The molecule has 2 aliphatic carbocycles. The van der Waals surface area contributed by atoms with Gasteiger partial charge >= 0.3 is 0 Å². The van der Waals surface area contributed by atoms with E-state index in [1.165, 1.54) is 25.7 Å². The molecule has 3 atom stereocenters. The van der Waals surface area contributed by atoms with Crippen LogP contribution in [0, 0.1) is 11.3 Å². The number of imidazole rings is 1. The van der Waals surface area contributed by atoms with Crippen molar-refractivity contribution in [1.82, 2.24) is 9.55 Å². The molecule has 1 aromatic heterocycles. The topological polar surface area (TPSA) is 64.1 Å². The predicted molar refractivity (Wildman–Crippen MR) is 74.6 cm³/mol. The molecule has 2 aliphatic rings. The van der Waals surface area contributed by atoms with Gasteiger partial charge in [0.05, 0.1) is 18.2 Å². The van der Waals surface area contributed by atoms with Gasteiger partial charge < -0.3 is 15.4 Å². The highest BCUT2D eigenvalue weighted by Crippen LogP contribution is 2.51. The Labute approximate surface area is 115 Å². The molecule has 106 valence electrons. The van der Waals surface area contributed by atoms with E-state index in [1.54, 1.807) is 0 Å². The van der Waals surface area contributed by atoms with Gasteiger partial charge in [-0.1, -0.05) is 13.3 Å². The van der Waals surface area contributed by atoms with Gasteiger partial charge in [-0.2, -0.15) is 0 Å². The third kappa shape index (κ3) is 2.21. The largest absolute Gasteiger partial charge is 0.386 e. The number of nitrogens with two attached hydrogens (primary N) is 1. The van der Waals surface area contributed by atoms with E-state index in [-0.39, 0.29) is 5.41 Å². The third-order valence-corrected chi connectivity index (χ3v) is 5.23. The summed E-state index contributed by atoms with van der Waals surface area (Å²) in [6.45, 7) is 2.80. The Kier molecular flexibility index (Phi) is 3.39. The summed E-state index contributed by atoms with van der Waals surface area (Å²) in [7, 11) is 0. The molecule has 3 unspecified atom stereocenters. The Morgan fingerprint density at radius 3 is 2.89 bits per heavy atom. The summed E-state index contributed by atoms with van der Waals surface area (Å²) < 4.78 is 2.17. The van der Waals surface area contributed by atoms with Crippen LogP contribution in [0.1, 0.15) is 63.3 Å². The zero-order chi connectivity index (χ0) is 13.5. The number of hydrogen-bond acceptors (Lipinski definition) is 3. The summed E-state index contributed by atoms with van der Waals surface area (Å²) in [6.07, 6.45) is 10.1. The van der Waals surface area contributed by atoms with Gasteiger partial charge in [0.25, 0.3) is 0 Å². The second kappa shape index (κ2) is 4.91. The van der Waals surface area contributed by atoms with E-state index in [4.69, 9.17) is 5.73 Å². The fraction of sp³-hybridized carbons (Fsp3) is 0.800. The van der Waals surface area contributed by atoms with E-state index in [2.05, 4.69) is 16.5 Å². The fourth-order valence-electron chi connectivity index (χ4n) is 3.66. The van der Waals surface area contributed by atoms with Gasteiger partial charge in [0.2, 0.25) is 0 Å². The first-order valence-corrected chi connectivity index (χ1v) is 7.60. The lowest BCUT2D eigenvalue weighted by atomic mass is 9.78. The Morgan fingerprint density at radius 1 is 1.53 bits per heavy atom. The summed E-state index contributed by atoms with van der Waals surface area (Å²) in [5.74, 6) is 0.718. The van der Waals surface area contributed by atoms with Gasteiger partial charge in [0.15, 0.2) is 0 Å². The maximum absolute atomic E-state index is 10.9. The Balaban J connectivity index is 1.84. The molecule has 2 saturated carbocycles. The van der Waals surface area contributed by atoms with Crippen LogP contribution < -0.4 is 5.73 Å². The first kappa shape index (κ1) is 13.1. The van der Waals surface area contributed by atoms with Crippen molar-refractivity contribution in [3.63, 3.8) is 0 Å². The van der Waals surface area contributed by atoms with Crippen LogP contribution in [0.4, 0.5) is 0 Å². The predicted octanol–water partition coefficient (Wildman–Crippen LogP) is 2.41. The van der Waals surface area contributed by atoms with Crippen molar-refractivity contribution in [2.45, 2.75) is 57.6 Å². The molecule has 0 radical (unpaired) electrons. The molecule has 1 heterocycles. The number of aromatic nitrogens is 2. The highest BCUT2D eigenvalue weighted by molar-refractivity contribution is 5.13. The lowest BCUT2D eigenvalue weighted by Gasteiger charge is -2.34. The molecule has 19 heavy (non-hydrogen) atoms.